The SMILES string of the molecule is CCCCCc1c(I)cc(C(C)(C)C)c(O)c1C(C)(C)C.Cc1cc(C2CCCC2)c(O)c(C2CCCC2)c1. The van der Waals surface area contributed by atoms with Gasteiger partial charge in [0, 0.05) is 14.7 Å². The van der Waals surface area contributed by atoms with Gasteiger partial charge in [-0.25, -0.2) is 0 Å². The summed E-state index contributed by atoms with van der Waals surface area (Å²) in [5.41, 5.74) is 7.31. The second kappa shape index (κ2) is 13.6. The molecule has 0 aromatic heterocycles. The Morgan fingerprint density at radius 2 is 1.23 bits per heavy atom. The van der Waals surface area contributed by atoms with E-state index in [4.69, 9.17) is 0 Å². The summed E-state index contributed by atoms with van der Waals surface area (Å²) in [5.74, 6) is 2.39. The van der Waals surface area contributed by atoms with Crippen LogP contribution in [-0.4, -0.2) is 10.2 Å². The highest BCUT2D eigenvalue weighted by molar-refractivity contribution is 14.1. The van der Waals surface area contributed by atoms with E-state index in [-0.39, 0.29) is 10.8 Å². The molecule has 4 rings (SSSR count). The van der Waals surface area contributed by atoms with E-state index in [1.807, 2.05) is 0 Å². The van der Waals surface area contributed by atoms with Crippen LogP contribution < -0.4 is 0 Å². The van der Waals surface area contributed by atoms with Gasteiger partial charge in [-0.15, -0.1) is 0 Å². The van der Waals surface area contributed by atoms with Gasteiger partial charge in [-0.05, 0) is 113 Å². The van der Waals surface area contributed by atoms with E-state index in [0.29, 0.717) is 23.3 Å². The van der Waals surface area contributed by atoms with Crippen LogP contribution in [0, 0.1) is 10.5 Å². The van der Waals surface area contributed by atoms with Gasteiger partial charge in [0.2, 0.25) is 0 Å². The molecule has 0 bridgehead atoms. The molecule has 2 aliphatic carbocycles. The Labute approximate surface area is 253 Å². The van der Waals surface area contributed by atoms with Crippen molar-refractivity contribution in [3.63, 3.8) is 0 Å². The number of aryl methyl sites for hydroxylation is 1. The standard InChI is InChI=1S/C19H31IO.C17H24O/c1-8-9-10-11-13-15(20)12-14(18(2,3)4)17(21)16(13)19(5,6)7;1-12-10-15(13-6-2-3-7-13)17(18)16(11-12)14-8-4-5-9-14/h12,21H,8-11H2,1-7H3;10-11,13-14,18H,2-9H2,1H3. The maximum atomic E-state index is 10.9. The molecule has 2 nitrogen and oxygen atoms in total. The predicted octanol–water partition coefficient (Wildman–Crippen LogP) is 11.3. The molecule has 2 aromatic carbocycles. The van der Waals surface area contributed by atoms with Gasteiger partial charge in [-0.1, -0.05) is 105 Å². The molecule has 0 unspecified atom stereocenters. The number of phenols is 2. The van der Waals surface area contributed by atoms with Crippen molar-refractivity contribution in [1.82, 2.24) is 0 Å². The van der Waals surface area contributed by atoms with Crippen LogP contribution >= 0.6 is 22.6 Å². The van der Waals surface area contributed by atoms with Gasteiger partial charge in [0.05, 0.1) is 0 Å². The topological polar surface area (TPSA) is 40.5 Å². The van der Waals surface area contributed by atoms with E-state index in [2.05, 4.69) is 96.2 Å². The molecule has 2 aliphatic rings. The number of rotatable bonds is 6. The Bertz CT molecular complexity index is 1050. The third kappa shape index (κ3) is 8.17. The molecule has 2 saturated carbocycles. The summed E-state index contributed by atoms with van der Waals surface area (Å²) >= 11 is 2.45. The fourth-order valence-electron chi connectivity index (χ4n) is 6.79. The highest BCUT2D eigenvalue weighted by Crippen LogP contribution is 2.46. The van der Waals surface area contributed by atoms with Gasteiger partial charge in [0.25, 0.3) is 0 Å². The molecule has 2 N–H and O–H groups in total. The maximum absolute atomic E-state index is 10.9. The zero-order valence-corrected chi connectivity index (χ0v) is 28.3. The summed E-state index contributed by atoms with van der Waals surface area (Å²) < 4.78 is 1.30. The van der Waals surface area contributed by atoms with E-state index < -0.39 is 0 Å². The summed E-state index contributed by atoms with van der Waals surface area (Å²) in [4.78, 5) is 0. The molecule has 0 saturated heterocycles. The number of hydrogen-bond acceptors (Lipinski definition) is 2. The Morgan fingerprint density at radius 1 is 0.744 bits per heavy atom. The average molecular weight is 647 g/mol. The molecule has 0 radical (unpaired) electrons. The van der Waals surface area contributed by atoms with Crippen molar-refractivity contribution in [1.29, 1.82) is 0 Å². The highest BCUT2D eigenvalue weighted by Gasteiger charge is 2.30. The quantitative estimate of drug-likeness (QED) is 0.242. The summed E-state index contributed by atoms with van der Waals surface area (Å²) in [6, 6.07) is 6.64. The van der Waals surface area contributed by atoms with Crippen LogP contribution in [0.2, 0.25) is 0 Å². The monoisotopic (exact) mass is 646 g/mol. The van der Waals surface area contributed by atoms with Crippen molar-refractivity contribution < 1.29 is 10.2 Å². The largest absolute Gasteiger partial charge is 0.507 e. The zero-order valence-electron chi connectivity index (χ0n) is 26.1. The molecular formula is C36H55IO2. The Balaban J connectivity index is 0.000000217. The molecule has 0 amide bonds. The number of hydrogen-bond donors (Lipinski definition) is 2. The van der Waals surface area contributed by atoms with Gasteiger partial charge in [-0.3, -0.25) is 0 Å². The first kappa shape index (κ1) is 32.3. The summed E-state index contributed by atoms with van der Waals surface area (Å²) in [6.07, 6.45) is 15.1. The Kier molecular flexibility index (Phi) is 11.3. The lowest BCUT2D eigenvalue weighted by Crippen LogP contribution is -2.20. The average Bonchev–Trinajstić information content (AvgIpc) is 3.56. The van der Waals surface area contributed by atoms with Gasteiger partial charge < -0.3 is 10.2 Å². The number of halogens is 1. The molecule has 2 fully saturated rings. The van der Waals surface area contributed by atoms with Crippen LogP contribution in [0.4, 0.5) is 0 Å². The lowest BCUT2D eigenvalue weighted by atomic mass is 9.76. The minimum Gasteiger partial charge on any atom is -0.507 e. The molecule has 3 heteroatoms. The first-order chi connectivity index (χ1) is 18.3. The fraction of sp³-hybridized carbons (Fsp3) is 0.667. The van der Waals surface area contributed by atoms with E-state index in [1.54, 1.807) is 0 Å². The molecular weight excluding hydrogens is 591 g/mol. The number of aromatic hydroxyl groups is 2. The van der Waals surface area contributed by atoms with Crippen LogP contribution in [0.3, 0.4) is 0 Å². The van der Waals surface area contributed by atoms with Gasteiger partial charge in [0.1, 0.15) is 11.5 Å². The normalized spacial score (nSPS) is 16.9. The minimum absolute atomic E-state index is 0.0349. The van der Waals surface area contributed by atoms with Gasteiger partial charge >= 0.3 is 0 Å². The number of benzene rings is 2. The van der Waals surface area contributed by atoms with Gasteiger partial charge in [-0.2, -0.15) is 0 Å². The highest BCUT2D eigenvalue weighted by atomic mass is 127. The number of unbranched alkanes of at least 4 members (excludes halogenated alkanes) is 2. The van der Waals surface area contributed by atoms with E-state index in [0.717, 1.165) is 17.5 Å². The predicted molar refractivity (Wildman–Crippen MR) is 177 cm³/mol. The molecule has 0 spiro atoms. The Morgan fingerprint density at radius 3 is 1.64 bits per heavy atom. The molecule has 218 valence electrons. The third-order valence-electron chi connectivity index (χ3n) is 8.84. The van der Waals surface area contributed by atoms with Crippen molar-refractivity contribution in [3.05, 3.63) is 55.1 Å². The lowest BCUT2D eigenvalue weighted by Gasteiger charge is -2.30. The molecule has 0 atom stereocenters. The molecule has 2 aromatic rings. The van der Waals surface area contributed by atoms with E-state index in [1.165, 1.54) is 96.5 Å². The first-order valence-corrected chi connectivity index (χ1v) is 16.7. The van der Waals surface area contributed by atoms with Crippen LogP contribution in [0.15, 0.2) is 18.2 Å². The fourth-order valence-corrected chi connectivity index (χ4v) is 7.64. The summed E-state index contributed by atoms with van der Waals surface area (Å²) in [5, 5.41) is 21.6. The third-order valence-corrected chi connectivity index (χ3v) is 9.81. The van der Waals surface area contributed by atoms with Crippen molar-refractivity contribution >= 4 is 22.6 Å². The molecule has 0 aliphatic heterocycles. The van der Waals surface area contributed by atoms with Crippen LogP contribution in [0.25, 0.3) is 0 Å². The second-order valence-corrected chi connectivity index (χ2v) is 15.5. The van der Waals surface area contributed by atoms with Crippen molar-refractivity contribution in [2.75, 3.05) is 0 Å². The van der Waals surface area contributed by atoms with E-state index in [9.17, 15) is 10.2 Å². The summed E-state index contributed by atoms with van der Waals surface area (Å²) in [7, 11) is 0. The lowest BCUT2D eigenvalue weighted by molar-refractivity contribution is 0.420. The van der Waals surface area contributed by atoms with Crippen LogP contribution in [0.1, 0.15) is 164 Å². The van der Waals surface area contributed by atoms with E-state index >= 15 is 0 Å². The van der Waals surface area contributed by atoms with Crippen molar-refractivity contribution in [3.8, 4) is 11.5 Å². The Hall–Kier alpha value is -1.23. The molecule has 39 heavy (non-hydrogen) atoms. The minimum atomic E-state index is -0.0358. The second-order valence-electron chi connectivity index (χ2n) is 14.3. The summed E-state index contributed by atoms with van der Waals surface area (Å²) in [6.45, 7) is 17.5. The first-order valence-electron chi connectivity index (χ1n) is 15.6. The molecule has 0 heterocycles. The zero-order chi connectivity index (χ0) is 29.0. The smallest absolute Gasteiger partial charge is 0.123 e. The van der Waals surface area contributed by atoms with Crippen molar-refractivity contribution in [2.24, 2.45) is 0 Å². The van der Waals surface area contributed by atoms with Crippen molar-refractivity contribution in [2.45, 2.75) is 155 Å². The maximum Gasteiger partial charge on any atom is 0.123 e. The van der Waals surface area contributed by atoms with Crippen LogP contribution in [0.5, 0.6) is 11.5 Å². The number of phenolic OH excluding ortho intramolecular Hbond substituents is 2. The van der Waals surface area contributed by atoms with Crippen LogP contribution in [-0.2, 0) is 17.3 Å². The van der Waals surface area contributed by atoms with Gasteiger partial charge in [0.15, 0.2) is 0 Å².